The fourth-order valence-corrected chi connectivity index (χ4v) is 3.21. The van der Waals surface area contributed by atoms with Gasteiger partial charge in [0.15, 0.2) is 0 Å². The second kappa shape index (κ2) is 7.29. The molecule has 1 aliphatic carbocycles. The van der Waals surface area contributed by atoms with E-state index in [-0.39, 0.29) is 11.9 Å². The molecule has 1 aliphatic rings. The van der Waals surface area contributed by atoms with E-state index in [2.05, 4.69) is 10.4 Å². The van der Waals surface area contributed by atoms with Crippen LogP contribution in [0.15, 0.2) is 42.7 Å². The molecule has 0 saturated heterocycles. The fourth-order valence-electron chi connectivity index (χ4n) is 3.21. The second-order valence-corrected chi connectivity index (χ2v) is 6.16. The predicted octanol–water partition coefficient (Wildman–Crippen LogP) is 2.64. The molecule has 3 rings (SSSR count). The number of carbonyl (C=O) groups is 2. The number of hydrogen-bond acceptors (Lipinski definition) is 3. The highest BCUT2D eigenvalue weighted by Crippen LogP contribution is 2.24. The Balaban J connectivity index is 1.70. The van der Waals surface area contributed by atoms with Gasteiger partial charge in [-0.2, -0.15) is 5.10 Å². The number of carboxylic acids is 1. The van der Waals surface area contributed by atoms with Crippen molar-refractivity contribution in [1.82, 2.24) is 15.1 Å². The third kappa shape index (κ3) is 3.64. The summed E-state index contributed by atoms with van der Waals surface area (Å²) in [6.45, 7) is 0. The zero-order valence-corrected chi connectivity index (χ0v) is 13.4. The van der Waals surface area contributed by atoms with E-state index in [1.807, 2.05) is 24.4 Å². The molecule has 126 valence electrons. The molecule has 0 radical (unpaired) electrons. The Morgan fingerprint density at radius 1 is 1.12 bits per heavy atom. The molecule has 2 N–H and O–H groups in total. The molecule has 1 aromatic heterocycles. The Morgan fingerprint density at radius 3 is 2.54 bits per heavy atom. The lowest BCUT2D eigenvalue weighted by molar-refractivity contribution is -0.142. The van der Waals surface area contributed by atoms with Crippen LogP contribution in [0.1, 0.15) is 42.5 Å². The van der Waals surface area contributed by atoms with Crippen LogP contribution in [-0.2, 0) is 4.79 Å². The molecular formula is C18H21N3O3. The van der Waals surface area contributed by atoms with Crippen molar-refractivity contribution in [3.63, 3.8) is 0 Å². The largest absolute Gasteiger partial charge is 0.481 e. The lowest BCUT2D eigenvalue weighted by atomic mass is 9.94. The summed E-state index contributed by atoms with van der Waals surface area (Å²) >= 11 is 0. The maximum Gasteiger partial charge on any atom is 0.308 e. The minimum atomic E-state index is -0.823. The highest BCUT2D eigenvalue weighted by molar-refractivity contribution is 5.94. The number of nitrogens with zero attached hydrogens (tertiary/aromatic N) is 2. The summed E-state index contributed by atoms with van der Waals surface area (Å²) in [5, 5.41) is 16.5. The summed E-state index contributed by atoms with van der Waals surface area (Å²) < 4.78 is 1.72. The Labute approximate surface area is 140 Å². The van der Waals surface area contributed by atoms with Gasteiger partial charge < -0.3 is 10.4 Å². The maximum atomic E-state index is 12.5. The van der Waals surface area contributed by atoms with Crippen LogP contribution in [0.25, 0.3) is 5.69 Å². The van der Waals surface area contributed by atoms with Gasteiger partial charge in [0, 0.05) is 24.0 Å². The van der Waals surface area contributed by atoms with E-state index >= 15 is 0 Å². The second-order valence-electron chi connectivity index (χ2n) is 6.16. The lowest BCUT2D eigenvalue weighted by Crippen LogP contribution is -2.42. The number of hydrogen-bond donors (Lipinski definition) is 2. The van der Waals surface area contributed by atoms with E-state index < -0.39 is 11.9 Å². The van der Waals surface area contributed by atoms with Crippen LogP contribution in [0, 0.1) is 5.92 Å². The van der Waals surface area contributed by atoms with Crippen molar-refractivity contribution in [3.8, 4) is 5.69 Å². The minimum Gasteiger partial charge on any atom is -0.481 e. The van der Waals surface area contributed by atoms with Gasteiger partial charge >= 0.3 is 5.97 Å². The number of aromatic nitrogens is 2. The molecule has 2 atom stereocenters. The number of carboxylic acid groups (broad SMARTS) is 1. The summed E-state index contributed by atoms with van der Waals surface area (Å²) in [7, 11) is 0. The number of rotatable bonds is 4. The van der Waals surface area contributed by atoms with Crippen LogP contribution in [-0.4, -0.2) is 32.8 Å². The molecule has 1 fully saturated rings. The predicted molar refractivity (Wildman–Crippen MR) is 89.0 cm³/mol. The van der Waals surface area contributed by atoms with Gasteiger partial charge in [0.25, 0.3) is 5.91 Å². The zero-order chi connectivity index (χ0) is 16.9. The first-order valence-corrected chi connectivity index (χ1v) is 8.29. The van der Waals surface area contributed by atoms with Crippen molar-refractivity contribution in [2.45, 2.75) is 38.1 Å². The van der Waals surface area contributed by atoms with E-state index in [1.165, 1.54) is 0 Å². The number of aliphatic carboxylic acids is 1. The van der Waals surface area contributed by atoms with Gasteiger partial charge in [0.05, 0.1) is 11.6 Å². The van der Waals surface area contributed by atoms with Gasteiger partial charge in [-0.1, -0.05) is 19.3 Å². The fraction of sp³-hybridized carbons (Fsp3) is 0.389. The van der Waals surface area contributed by atoms with Gasteiger partial charge in [0.1, 0.15) is 0 Å². The topological polar surface area (TPSA) is 84.2 Å². The van der Waals surface area contributed by atoms with Crippen molar-refractivity contribution in [2.24, 2.45) is 5.92 Å². The van der Waals surface area contributed by atoms with Crippen molar-refractivity contribution < 1.29 is 14.7 Å². The minimum absolute atomic E-state index is 0.222. The Kier molecular flexibility index (Phi) is 4.93. The van der Waals surface area contributed by atoms with E-state index in [0.29, 0.717) is 18.4 Å². The zero-order valence-electron chi connectivity index (χ0n) is 13.4. The lowest BCUT2D eigenvalue weighted by Gasteiger charge is -2.23. The molecular weight excluding hydrogens is 306 g/mol. The van der Waals surface area contributed by atoms with E-state index in [9.17, 15) is 14.7 Å². The van der Waals surface area contributed by atoms with Gasteiger partial charge in [-0.15, -0.1) is 0 Å². The highest BCUT2D eigenvalue weighted by atomic mass is 16.4. The molecule has 6 nitrogen and oxygen atoms in total. The SMILES string of the molecule is O=C(N[C@H]1CCCCC[C@H]1C(=O)O)c1ccc(-n2cccn2)cc1. The molecule has 1 heterocycles. The average molecular weight is 327 g/mol. The standard InChI is InChI=1S/C18H21N3O3/c22-17(20-16-6-3-1-2-5-15(16)18(23)24)13-7-9-14(10-8-13)21-12-4-11-19-21/h4,7-12,15-16H,1-3,5-6H2,(H,20,22)(H,23,24)/t15-,16+/m1/s1. The normalized spacial score (nSPS) is 21.0. The molecule has 24 heavy (non-hydrogen) atoms. The van der Waals surface area contributed by atoms with Crippen LogP contribution >= 0.6 is 0 Å². The maximum absolute atomic E-state index is 12.5. The summed E-state index contributed by atoms with van der Waals surface area (Å²) in [5.74, 6) is -1.55. The van der Waals surface area contributed by atoms with E-state index in [1.54, 1.807) is 23.0 Å². The number of nitrogens with one attached hydrogen (secondary N) is 1. The van der Waals surface area contributed by atoms with Gasteiger partial charge in [0.2, 0.25) is 0 Å². The molecule has 0 unspecified atom stereocenters. The molecule has 1 amide bonds. The smallest absolute Gasteiger partial charge is 0.308 e. The molecule has 0 bridgehead atoms. The van der Waals surface area contributed by atoms with E-state index in [4.69, 9.17) is 0 Å². The summed E-state index contributed by atoms with van der Waals surface area (Å²) in [6.07, 6.45) is 7.74. The average Bonchev–Trinajstić information content (AvgIpc) is 3.02. The number of benzene rings is 1. The molecule has 0 aliphatic heterocycles. The summed E-state index contributed by atoms with van der Waals surface area (Å²) in [6, 6.07) is 8.65. The Morgan fingerprint density at radius 2 is 1.88 bits per heavy atom. The molecule has 1 saturated carbocycles. The quantitative estimate of drug-likeness (QED) is 0.846. The van der Waals surface area contributed by atoms with Crippen molar-refractivity contribution in [3.05, 3.63) is 48.3 Å². The first-order chi connectivity index (χ1) is 11.6. The van der Waals surface area contributed by atoms with Crippen molar-refractivity contribution in [1.29, 1.82) is 0 Å². The summed E-state index contributed by atoms with van der Waals surface area (Å²) in [4.78, 5) is 23.9. The monoisotopic (exact) mass is 327 g/mol. The first-order valence-electron chi connectivity index (χ1n) is 8.29. The number of carbonyl (C=O) groups excluding carboxylic acids is 1. The highest BCUT2D eigenvalue weighted by Gasteiger charge is 2.30. The number of amides is 1. The van der Waals surface area contributed by atoms with Crippen LogP contribution in [0.5, 0.6) is 0 Å². The third-order valence-electron chi connectivity index (χ3n) is 4.55. The van der Waals surface area contributed by atoms with Crippen LogP contribution < -0.4 is 5.32 Å². The Hall–Kier alpha value is -2.63. The van der Waals surface area contributed by atoms with Crippen LogP contribution in [0.4, 0.5) is 0 Å². The van der Waals surface area contributed by atoms with Gasteiger partial charge in [-0.3, -0.25) is 9.59 Å². The van der Waals surface area contributed by atoms with Crippen molar-refractivity contribution >= 4 is 11.9 Å². The van der Waals surface area contributed by atoms with Crippen LogP contribution in [0.2, 0.25) is 0 Å². The van der Waals surface area contributed by atoms with E-state index in [0.717, 1.165) is 24.9 Å². The van der Waals surface area contributed by atoms with Gasteiger partial charge in [-0.05, 0) is 43.2 Å². The van der Waals surface area contributed by atoms with Crippen LogP contribution in [0.3, 0.4) is 0 Å². The van der Waals surface area contributed by atoms with Gasteiger partial charge in [-0.25, -0.2) is 4.68 Å². The first kappa shape index (κ1) is 16.2. The molecule has 1 aromatic carbocycles. The molecule has 0 spiro atoms. The third-order valence-corrected chi connectivity index (χ3v) is 4.55. The van der Waals surface area contributed by atoms with Crippen molar-refractivity contribution in [2.75, 3.05) is 0 Å². The molecule has 2 aromatic rings. The Bertz CT molecular complexity index is 695. The molecule has 6 heteroatoms. The summed E-state index contributed by atoms with van der Waals surface area (Å²) in [5.41, 5.74) is 1.40.